The van der Waals surface area contributed by atoms with Crippen LogP contribution in [0, 0.1) is 5.82 Å². The lowest BCUT2D eigenvalue weighted by molar-refractivity contribution is 0.383. The minimum Gasteiger partial charge on any atom is -0.494 e. The van der Waals surface area contributed by atoms with Crippen molar-refractivity contribution in [3.63, 3.8) is 0 Å². The monoisotopic (exact) mass is 299 g/mol. The largest absolute Gasteiger partial charge is 0.494 e. The van der Waals surface area contributed by atoms with Crippen molar-refractivity contribution in [2.45, 2.75) is 6.04 Å². The molecule has 19 heavy (non-hydrogen) atoms. The molecule has 0 amide bonds. The summed E-state index contributed by atoms with van der Waals surface area (Å²) in [4.78, 5) is 0. The van der Waals surface area contributed by atoms with E-state index >= 15 is 0 Å². The Morgan fingerprint density at radius 2 is 1.74 bits per heavy atom. The van der Waals surface area contributed by atoms with Gasteiger partial charge in [-0.1, -0.05) is 47.5 Å². The fraction of sp³-hybridized carbons (Fsp3) is 0.143. The molecule has 0 bridgehead atoms. The normalized spacial score (nSPS) is 12.3. The van der Waals surface area contributed by atoms with Crippen LogP contribution in [0.25, 0.3) is 0 Å². The average Bonchev–Trinajstić information content (AvgIpc) is 2.41. The number of hydrogen-bond acceptors (Lipinski definition) is 2. The minimum atomic E-state index is -0.707. The van der Waals surface area contributed by atoms with Crippen molar-refractivity contribution in [2.75, 3.05) is 7.11 Å². The van der Waals surface area contributed by atoms with E-state index in [9.17, 15) is 4.39 Å². The zero-order valence-corrected chi connectivity index (χ0v) is 11.7. The third-order valence-electron chi connectivity index (χ3n) is 2.86. The molecule has 1 atom stereocenters. The van der Waals surface area contributed by atoms with Gasteiger partial charge >= 0.3 is 0 Å². The van der Waals surface area contributed by atoms with Crippen LogP contribution in [0.1, 0.15) is 17.2 Å². The van der Waals surface area contributed by atoms with Gasteiger partial charge in [-0.15, -0.1) is 0 Å². The summed E-state index contributed by atoms with van der Waals surface area (Å²) in [5.41, 5.74) is 6.95. The number of methoxy groups -OCH3 is 1. The van der Waals surface area contributed by atoms with Crippen LogP contribution in [0.4, 0.5) is 4.39 Å². The van der Waals surface area contributed by atoms with Crippen molar-refractivity contribution in [1.82, 2.24) is 0 Å². The van der Waals surface area contributed by atoms with Crippen LogP contribution in [0.3, 0.4) is 0 Å². The second kappa shape index (κ2) is 5.78. The van der Waals surface area contributed by atoms with Crippen LogP contribution in [0.2, 0.25) is 10.0 Å². The van der Waals surface area contributed by atoms with Gasteiger partial charge in [-0.05, 0) is 17.7 Å². The molecule has 0 spiro atoms. The molecule has 0 aliphatic carbocycles. The highest BCUT2D eigenvalue weighted by Gasteiger charge is 2.19. The first kappa shape index (κ1) is 14.1. The number of hydrogen-bond donors (Lipinski definition) is 1. The van der Waals surface area contributed by atoms with E-state index in [2.05, 4.69) is 0 Å². The Morgan fingerprint density at radius 1 is 1.11 bits per heavy atom. The van der Waals surface area contributed by atoms with Gasteiger partial charge in [-0.25, -0.2) is 4.39 Å². The van der Waals surface area contributed by atoms with Crippen molar-refractivity contribution in [3.05, 3.63) is 63.4 Å². The second-order valence-corrected chi connectivity index (χ2v) is 4.77. The van der Waals surface area contributed by atoms with Crippen LogP contribution in [-0.4, -0.2) is 7.11 Å². The maximum atomic E-state index is 14.2. The van der Waals surface area contributed by atoms with E-state index in [1.807, 2.05) is 0 Å². The van der Waals surface area contributed by atoms with Crippen molar-refractivity contribution in [1.29, 1.82) is 0 Å². The third-order valence-corrected chi connectivity index (χ3v) is 3.70. The molecular weight excluding hydrogens is 288 g/mol. The number of halogens is 3. The Hall–Kier alpha value is -1.29. The molecule has 0 saturated carbocycles. The quantitative estimate of drug-likeness (QED) is 0.922. The Labute approximate surface area is 120 Å². The van der Waals surface area contributed by atoms with Crippen LogP contribution < -0.4 is 10.5 Å². The molecule has 0 aliphatic rings. The molecule has 0 fully saturated rings. The van der Waals surface area contributed by atoms with Gasteiger partial charge in [0, 0.05) is 5.56 Å². The molecule has 2 nitrogen and oxygen atoms in total. The smallest absolute Gasteiger partial charge is 0.170 e. The predicted molar refractivity (Wildman–Crippen MR) is 75.4 cm³/mol. The standard InChI is InChI=1S/C14H12Cl2FNO/c1-19-11-7-3-5-9(13(11)17)14(18)8-4-2-6-10(15)12(8)16/h2-7,14H,18H2,1H3. The third kappa shape index (κ3) is 2.68. The molecule has 0 saturated heterocycles. The summed E-state index contributed by atoms with van der Waals surface area (Å²) < 4.78 is 19.1. The van der Waals surface area contributed by atoms with Crippen molar-refractivity contribution in [3.8, 4) is 5.75 Å². The Morgan fingerprint density at radius 3 is 2.42 bits per heavy atom. The summed E-state index contributed by atoms with van der Waals surface area (Å²) in [7, 11) is 1.40. The maximum Gasteiger partial charge on any atom is 0.170 e. The van der Waals surface area contributed by atoms with Crippen LogP contribution in [0.15, 0.2) is 36.4 Å². The first-order valence-electron chi connectivity index (χ1n) is 5.58. The minimum absolute atomic E-state index is 0.145. The van der Waals surface area contributed by atoms with Crippen LogP contribution >= 0.6 is 23.2 Å². The fourth-order valence-electron chi connectivity index (χ4n) is 1.85. The fourth-order valence-corrected chi connectivity index (χ4v) is 2.28. The number of rotatable bonds is 3. The summed E-state index contributed by atoms with van der Waals surface area (Å²) in [5.74, 6) is -0.348. The second-order valence-electron chi connectivity index (χ2n) is 3.98. The summed E-state index contributed by atoms with van der Waals surface area (Å²) in [6.07, 6.45) is 0. The van der Waals surface area contributed by atoms with Crippen molar-refractivity contribution < 1.29 is 9.13 Å². The summed E-state index contributed by atoms with van der Waals surface area (Å²) in [6, 6.07) is 9.20. The molecule has 0 aromatic heterocycles. The first-order chi connectivity index (χ1) is 9.06. The zero-order chi connectivity index (χ0) is 14.0. The highest BCUT2D eigenvalue weighted by atomic mass is 35.5. The molecule has 0 heterocycles. The van der Waals surface area contributed by atoms with Crippen molar-refractivity contribution >= 4 is 23.2 Å². The molecule has 2 aromatic rings. The number of benzene rings is 2. The lowest BCUT2D eigenvalue weighted by atomic mass is 9.99. The van der Waals surface area contributed by atoms with E-state index in [1.165, 1.54) is 13.2 Å². The van der Waals surface area contributed by atoms with E-state index in [0.29, 0.717) is 21.2 Å². The Kier molecular flexibility index (Phi) is 4.30. The molecule has 2 rings (SSSR count). The number of nitrogens with two attached hydrogens (primary N) is 1. The van der Waals surface area contributed by atoms with E-state index in [4.69, 9.17) is 33.7 Å². The van der Waals surface area contributed by atoms with Crippen molar-refractivity contribution in [2.24, 2.45) is 5.73 Å². The molecular formula is C14H12Cl2FNO. The molecule has 5 heteroatoms. The molecule has 1 unspecified atom stereocenters. The van der Waals surface area contributed by atoms with E-state index in [1.54, 1.807) is 30.3 Å². The van der Waals surface area contributed by atoms with Gasteiger partial charge in [0.15, 0.2) is 11.6 Å². The summed E-state index contributed by atoms with van der Waals surface area (Å²) in [6.45, 7) is 0. The maximum absolute atomic E-state index is 14.2. The van der Waals surface area contributed by atoms with Gasteiger partial charge < -0.3 is 10.5 Å². The van der Waals surface area contributed by atoms with Gasteiger partial charge in [0.1, 0.15) is 0 Å². The molecule has 2 aromatic carbocycles. The predicted octanol–water partition coefficient (Wildman–Crippen LogP) is 4.19. The molecule has 0 aliphatic heterocycles. The highest BCUT2D eigenvalue weighted by Crippen LogP contribution is 2.34. The molecule has 0 radical (unpaired) electrons. The van der Waals surface area contributed by atoms with E-state index < -0.39 is 11.9 Å². The zero-order valence-electron chi connectivity index (χ0n) is 10.2. The Balaban J connectivity index is 2.50. The highest BCUT2D eigenvalue weighted by molar-refractivity contribution is 6.42. The van der Waals surface area contributed by atoms with Gasteiger partial charge in [0.2, 0.25) is 0 Å². The molecule has 2 N–H and O–H groups in total. The molecule has 100 valence electrons. The first-order valence-corrected chi connectivity index (χ1v) is 6.33. The SMILES string of the molecule is COc1cccc(C(N)c2cccc(Cl)c2Cl)c1F. The van der Waals surface area contributed by atoms with Crippen LogP contribution in [-0.2, 0) is 0 Å². The van der Waals surface area contributed by atoms with Gasteiger partial charge in [0.25, 0.3) is 0 Å². The summed E-state index contributed by atoms with van der Waals surface area (Å²) >= 11 is 12.0. The van der Waals surface area contributed by atoms with Gasteiger partial charge in [-0.3, -0.25) is 0 Å². The van der Waals surface area contributed by atoms with E-state index in [0.717, 1.165) is 0 Å². The van der Waals surface area contributed by atoms with Crippen LogP contribution in [0.5, 0.6) is 5.75 Å². The lowest BCUT2D eigenvalue weighted by Gasteiger charge is -2.16. The lowest BCUT2D eigenvalue weighted by Crippen LogP contribution is -2.14. The van der Waals surface area contributed by atoms with Gasteiger partial charge in [0.05, 0.1) is 23.2 Å². The average molecular weight is 300 g/mol. The van der Waals surface area contributed by atoms with Gasteiger partial charge in [-0.2, -0.15) is 0 Å². The topological polar surface area (TPSA) is 35.2 Å². The summed E-state index contributed by atoms with van der Waals surface area (Å²) in [5, 5.41) is 0.719. The number of ether oxygens (including phenoxy) is 1. The van der Waals surface area contributed by atoms with E-state index in [-0.39, 0.29) is 5.75 Å². The Bertz CT molecular complexity index is 604.